The molecule has 0 saturated carbocycles. The first kappa shape index (κ1) is 10.0. The van der Waals surface area contributed by atoms with Crippen LogP contribution >= 0.6 is 0 Å². The molecule has 1 N–H and O–H groups in total. The monoisotopic (exact) mass is 210 g/mol. The fraction of sp³-hybridized carbons (Fsp3) is 0.600. The largest absolute Gasteiger partial charge is 0.493 e. The number of likely N-dealkylation sites (tertiary alicyclic amines) is 1. The molecule has 0 aliphatic carbocycles. The van der Waals surface area contributed by atoms with Crippen molar-refractivity contribution in [2.75, 3.05) is 19.7 Å². The zero-order valence-electron chi connectivity index (χ0n) is 8.44. The summed E-state index contributed by atoms with van der Waals surface area (Å²) in [6, 6.07) is -0.217. The molecule has 1 amide bonds. The van der Waals surface area contributed by atoms with Gasteiger partial charge in [0.15, 0.2) is 0 Å². The van der Waals surface area contributed by atoms with Crippen molar-refractivity contribution in [3.63, 3.8) is 0 Å². The third-order valence-electron chi connectivity index (χ3n) is 2.71. The number of aldehydes is 1. The Morgan fingerprint density at radius 2 is 2.53 bits per heavy atom. The molecule has 2 aliphatic rings. The molecule has 0 spiro atoms. The van der Waals surface area contributed by atoms with Gasteiger partial charge in [0.2, 0.25) is 5.91 Å². The van der Waals surface area contributed by atoms with Gasteiger partial charge in [0.25, 0.3) is 0 Å². The second-order valence-corrected chi connectivity index (χ2v) is 3.74. The zero-order valence-corrected chi connectivity index (χ0v) is 8.44. The molecule has 2 heterocycles. The lowest BCUT2D eigenvalue weighted by atomic mass is 10.2. The summed E-state index contributed by atoms with van der Waals surface area (Å²) in [5.74, 6) is -0.0163. The molecule has 1 saturated heterocycles. The SMILES string of the molecule is O=CC1CCCN1C(=O)CNC1=COC1. The van der Waals surface area contributed by atoms with Crippen molar-refractivity contribution in [1.82, 2.24) is 10.2 Å². The Bertz CT molecular complexity index is 301. The Morgan fingerprint density at radius 3 is 3.13 bits per heavy atom. The van der Waals surface area contributed by atoms with Crippen LogP contribution in [0.5, 0.6) is 0 Å². The standard InChI is InChI=1S/C10H14N2O3/c13-5-9-2-1-3-12(9)10(14)4-11-8-6-15-7-8/h5-6,9,11H,1-4,7H2. The van der Waals surface area contributed by atoms with Gasteiger partial charge in [-0.15, -0.1) is 0 Å². The van der Waals surface area contributed by atoms with E-state index in [1.807, 2.05) is 0 Å². The highest BCUT2D eigenvalue weighted by Crippen LogP contribution is 2.15. The van der Waals surface area contributed by atoms with Gasteiger partial charge in [-0.3, -0.25) is 4.79 Å². The van der Waals surface area contributed by atoms with E-state index < -0.39 is 0 Å². The van der Waals surface area contributed by atoms with Crippen LogP contribution in [0.4, 0.5) is 0 Å². The molecule has 0 aromatic heterocycles. The third-order valence-corrected chi connectivity index (χ3v) is 2.71. The minimum Gasteiger partial charge on any atom is -0.493 e. The number of hydrogen-bond donors (Lipinski definition) is 1. The number of nitrogens with zero attached hydrogens (tertiary/aromatic N) is 1. The molecule has 5 heteroatoms. The van der Waals surface area contributed by atoms with E-state index in [1.165, 1.54) is 0 Å². The van der Waals surface area contributed by atoms with E-state index in [4.69, 9.17) is 4.74 Å². The Balaban J connectivity index is 1.81. The van der Waals surface area contributed by atoms with Gasteiger partial charge < -0.3 is 19.7 Å². The van der Waals surface area contributed by atoms with Crippen molar-refractivity contribution in [3.05, 3.63) is 12.0 Å². The summed E-state index contributed by atoms with van der Waals surface area (Å²) >= 11 is 0. The summed E-state index contributed by atoms with van der Waals surface area (Å²) in [4.78, 5) is 24.0. The number of hydrogen-bond acceptors (Lipinski definition) is 4. The first-order valence-corrected chi connectivity index (χ1v) is 5.10. The highest BCUT2D eigenvalue weighted by molar-refractivity contribution is 5.82. The van der Waals surface area contributed by atoms with Crippen LogP contribution in [-0.4, -0.2) is 42.8 Å². The van der Waals surface area contributed by atoms with Gasteiger partial charge in [-0.2, -0.15) is 0 Å². The molecule has 15 heavy (non-hydrogen) atoms. The molecule has 0 bridgehead atoms. The van der Waals surface area contributed by atoms with Crippen molar-refractivity contribution >= 4 is 12.2 Å². The maximum absolute atomic E-state index is 11.7. The third kappa shape index (κ3) is 2.11. The lowest BCUT2D eigenvalue weighted by Gasteiger charge is -2.22. The molecule has 1 atom stereocenters. The van der Waals surface area contributed by atoms with E-state index in [1.54, 1.807) is 11.2 Å². The predicted molar refractivity (Wildman–Crippen MR) is 52.8 cm³/mol. The maximum Gasteiger partial charge on any atom is 0.242 e. The first-order valence-electron chi connectivity index (χ1n) is 5.10. The van der Waals surface area contributed by atoms with Crippen LogP contribution in [0.3, 0.4) is 0 Å². The highest BCUT2D eigenvalue weighted by atomic mass is 16.5. The van der Waals surface area contributed by atoms with Gasteiger partial charge >= 0.3 is 0 Å². The summed E-state index contributed by atoms with van der Waals surface area (Å²) < 4.78 is 4.83. The molecule has 2 rings (SSSR count). The van der Waals surface area contributed by atoms with E-state index in [0.717, 1.165) is 24.8 Å². The van der Waals surface area contributed by atoms with Crippen LogP contribution in [-0.2, 0) is 14.3 Å². The number of carbonyl (C=O) groups is 2. The fourth-order valence-corrected chi connectivity index (χ4v) is 1.79. The summed E-state index contributed by atoms with van der Waals surface area (Å²) in [7, 11) is 0. The fourth-order valence-electron chi connectivity index (χ4n) is 1.79. The normalized spacial score (nSPS) is 23.9. The number of ether oxygens (including phenoxy) is 1. The summed E-state index contributed by atoms with van der Waals surface area (Å²) in [5.41, 5.74) is 0.935. The Hall–Kier alpha value is -1.52. The molecule has 0 aromatic rings. The van der Waals surface area contributed by atoms with Crippen molar-refractivity contribution < 1.29 is 14.3 Å². The van der Waals surface area contributed by atoms with Gasteiger partial charge in [-0.25, -0.2) is 0 Å². The van der Waals surface area contributed by atoms with Crippen LogP contribution in [0.15, 0.2) is 12.0 Å². The summed E-state index contributed by atoms with van der Waals surface area (Å²) in [5, 5.41) is 2.97. The van der Waals surface area contributed by atoms with Gasteiger partial charge in [-0.05, 0) is 12.8 Å². The van der Waals surface area contributed by atoms with Crippen LogP contribution in [0.2, 0.25) is 0 Å². The molecule has 2 aliphatic heterocycles. The minimum absolute atomic E-state index is 0.0163. The average molecular weight is 210 g/mol. The van der Waals surface area contributed by atoms with Crippen molar-refractivity contribution in [3.8, 4) is 0 Å². The van der Waals surface area contributed by atoms with Gasteiger partial charge in [0, 0.05) is 6.54 Å². The molecule has 5 nitrogen and oxygen atoms in total. The summed E-state index contributed by atoms with van der Waals surface area (Å²) in [6.45, 7) is 1.49. The smallest absolute Gasteiger partial charge is 0.242 e. The van der Waals surface area contributed by atoms with E-state index >= 15 is 0 Å². The van der Waals surface area contributed by atoms with Crippen molar-refractivity contribution in [2.24, 2.45) is 0 Å². The van der Waals surface area contributed by atoms with Crippen LogP contribution < -0.4 is 5.32 Å². The van der Waals surface area contributed by atoms with Crippen LogP contribution in [0, 0.1) is 0 Å². The minimum atomic E-state index is -0.217. The molecular formula is C10H14N2O3. The molecular weight excluding hydrogens is 196 g/mol. The van der Waals surface area contributed by atoms with Gasteiger partial charge in [0.05, 0.1) is 18.3 Å². The second-order valence-electron chi connectivity index (χ2n) is 3.74. The number of rotatable bonds is 4. The average Bonchev–Trinajstić information content (AvgIpc) is 2.62. The number of amides is 1. The maximum atomic E-state index is 11.7. The van der Waals surface area contributed by atoms with Gasteiger partial charge in [-0.1, -0.05) is 0 Å². The second kappa shape index (κ2) is 4.33. The Labute approximate surface area is 88.1 Å². The number of nitrogens with one attached hydrogen (secondary N) is 1. The van der Waals surface area contributed by atoms with Gasteiger partial charge in [0.1, 0.15) is 19.2 Å². The Morgan fingerprint density at radius 1 is 1.73 bits per heavy atom. The van der Waals surface area contributed by atoms with Crippen molar-refractivity contribution in [2.45, 2.75) is 18.9 Å². The summed E-state index contributed by atoms with van der Waals surface area (Å²) in [6.07, 6.45) is 4.16. The van der Waals surface area contributed by atoms with Crippen LogP contribution in [0.25, 0.3) is 0 Å². The molecule has 1 fully saturated rings. The van der Waals surface area contributed by atoms with Crippen molar-refractivity contribution in [1.29, 1.82) is 0 Å². The molecule has 0 aromatic carbocycles. The van der Waals surface area contributed by atoms with Crippen LogP contribution in [0.1, 0.15) is 12.8 Å². The zero-order chi connectivity index (χ0) is 10.7. The number of carbonyl (C=O) groups excluding carboxylic acids is 2. The predicted octanol–water partition coefficient (Wildman–Crippen LogP) is -0.362. The lowest BCUT2D eigenvalue weighted by molar-refractivity contribution is -0.133. The van der Waals surface area contributed by atoms with E-state index in [-0.39, 0.29) is 18.5 Å². The molecule has 0 radical (unpaired) electrons. The lowest BCUT2D eigenvalue weighted by Crippen LogP contribution is -2.42. The van der Waals surface area contributed by atoms with E-state index in [0.29, 0.717) is 13.2 Å². The van der Waals surface area contributed by atoms with E-state index in [2.05, 4.69) is 5.32 Å². The van der Waals surface area contributed by atoms with E-state index in [9.17, 15) is 9.59 Å². The highest BCUT2D eigenvalue weighted by Gasteiger charge is 2.27. The molecule has 1 unspecified atom stereocenters. The molecule has 82 valence electrons. The topological polar surface area (TPSA) is 58.6 Å². The Kier molecular flexibility index (Phi) is 2.89. The quantitative estimate of drug-likeness (QED) is 0.644. The first-order chi connectivity index (χ1) is 7.31.